The van der Waals surface area contributed by atoms with Gasteiger partial charge < -0.3 is 26.7 Å². The zero-order chi connectivity index (χ0) is 18.2. The molecule has 0 bridgehead atoms. The molecule has 0 amide bonds. The molecule has 6 nitrogen and oxygen atoms in total. The molecule has 24 heavy (non-hydrogen) atoms. The van der Waals surface area contributed by atoms with E-state index >= 15 is 0 Å². The molecule has 0 unspecified atom stereocenters. The average molecular weight is 354 g/mol. The summed E-state index contributed by atoms with van der Waals surface area (Å²) < 4.78 is 50.6. The summed E-state index contributed by atoms with van der Waals surface area (Å²) in [5.74, 6) is 0.751. The highest BCUT2D eigenvalue weighted by Crippen LogP contribution is 2.25. The van der Waals surface area contributed by atoms with Gasteiger partial charge in [-0.2, -0.15) is 0 Å². The number of hydrogen-bond acceptors (Lipinski definition) is 5. The standard InChI is InChI=1S/C13H23N4O2.BF4/c1-4-18-12-14-11(15-13(16-12)19-5-2)17(3)9-7-6-8-10-17;2-1(3,4)5/h4-10H2,1-3H3;/q+1;-1. The maximum Gasteiger partial charge on any atom is 0.673 e. The van der Waals surface area contributed by atoms with Gasteiger partial charge in [0.25, 0.3) is 0 Å². The minimum absolute atomic E-state index is 0.362. The van der Waals surface area contributed by atoms with E-state index in [9.17, 15) is 17.3 Å². The minimum Gasteiger partial charge on any atom is -0.463 e. The molecule has 138 valence electrons. The molecule has 11 heteroatoms. The number of nitrogens with zero attached hydrogens (tertiary/aromatic N) is 4. The summed E-state index contributed by atoms with van der Waals surface area (Å²) in [5, 5.41) is 0. The summed E-state index contributed by atoms with van der Waals surface area (Å²) in [5.41, 5.74) is 0. The molecular weight excluding hydrogens is 331 g/mol. The fourth-order valence-electron chi connectivity index (χ4n) is 2.37. The Labute approximate surface area is 138 Å². The number of ether oxygens (including phenoxy) is 2. The van der Waals surface area contributed by atoms with Gasteiger partial charge in [-0.15, -0.1) is 15.0 Å². The second kappa shape index (κ2) is 9.00. The molecular formula is C13H23BF4N4O2. The van der Waals surface area contributed by atoms with Crippen LogP contribution in [0.1, 0.15) is 33.1 Å². The van der Waals surface area contributed by atoms with Gasteiger partial charge in [-0.25, -0.2) is 0 Å². The van der Waals surface area contributed by atoms with Crippen molar-refractivity contribution in [1.29, 1.82) is 0 Å². The Bertz CT molecular complexity index is 483. The van der Waals surface area contributed by atoms with Gasteiger partial charge >= 0.3 is 25.2 Å². The van der Waals surface area contributed by atoms with Crippen LogP contribution in [0.4, 0.5) is 23.2 Å². The summed E-state index contributed by atoms with van der Waals surface area (Å²) >= 11 is 0. The Hall–Kier alpha value is -1.65. The molecule has 1 aliphatic rings. The Morgan fingerprint density at radius 3 is 1.67 bits per heavy atom. The smallest absolute Gasteiger partial charge is 0.463 e. The lowest BCUT2D eigenvalue weighted by Gasteiger charge is -2.34. The molecule has 0 spiro atoms. The highest BCUT2D eigenvalue weighted by molar-refractivity contribution is 6.50. The first-order chi connectivity index (χ1) is 11.2. The van der Waals surface area contributed by atoms with Gasteiger partial charge in [-0.1, -0.05) is 0 Å². The first-order valence-corrected chi connectivity index (χ1v) is 7.92. The van der Waals surface area contributed by atoms with Gasteiger partial charge in [0.05, 0.1) is 33.4 Å². The van der Waals surface area contributed by atoms with Crippen LogP contribution in [0, 0.1) is 0 Å². The lowest BCUT2D eigenvalue weighted by Crippen LogP contribution is -2.50. The lowest BCUT2D eigenvalue weighted by molar-refractivity contribution is 0.239. The van der Waals surface area contributed by atoms with E-state index in [0.29, 0.717) is 25.2 Å². The predicted octanol–water partition coefficient (Wildman–Crippen LogP) is 3.09. The molecule has 2 rings (SSSR count). The van der Waals surface area contributed by atoms with E-state index < -0.39 is 7.25 Å². The van der Waals surface area contributed by atoms with Crippen molar-refractivity contribution in [3.63, 3.8) is 0 Å². The van der Waals surface area contributed by atoms with Crippen molar-refractivity contribution < 1.29 is 26.7 Å². The summed E-state index contributed by atoms with van der Waals surface area (Å²) in [7, 11) is -3.83. The fraction of sp³-hybridized carbons (Fsp3) is 0.769. The zero-order valence-electron chi connectivity index (χ0n) is 14.1. The van der Waals surface area contributed by atoms with Crippen LogP contribution in [-0.2, 0) is 0 Å². The summed E-state index contributed by atoms with van der Waals surface area (Å²) in [6.45, 7) is 7.03. The van der Waals surface area contributed by atoms with Gasteiger partial charge in [0.2, 0.25) is 0 Å². The molecule has 0 N–H and O–H groups in total. The first-order valence-electron chi connectivity index (χ1n) is 7.92. The highest BCUT2D eigenvalue weighted by atomic mass is 19.5. The Morgan fingerprint density at radius 2 is 1.29 bits per heavy atom. The Morgan fingerprint density at radius 1 is 0.875 bits per heavy atom. The van der Waals surface area contributed by atoms with Crippen LogP contribution >= 0.6 is 0 Å². The molecule has 1 fully saturated rings. The predicted molar refractivity (Wildman–Crippen MR) is 83.7 cm³/mol. The maximum absolute atomic E-state index is 9.75. The molecule has 1 aliphatic heterocycles. The molecule has 1 saturated heterocycles. The number of likely N-dealkylation sites (tertiary alicyclic amines) is 1. The molecule has 0 radical (unpaired) electrons. The van der Waals surface area contributed by atoms with Gasteiger partial charge in [0.15, 0.2) is 0 Å². The molecule has 1 aromatic rings. The number of aromatic nitrogens is 3. The fourth-order valence-corrected chi connectivity index (χ4v) is 2.37. The van der Waals surface area contributed by atoms with Gasteiger partial charge in [0, 0.05) is 0 Å². The first kappa shape index (κ1) is 20.4. The largest absolute Gasteiger partial charge is 0.673 e. The second-order valence-corrected chi connectivity index (χ2v) is 5.47. The number of quaternary nitrogens is 1. The lowest BCUT2D eigenvalue weighted by atomic mass is 10.1. The van der Waals surface area contributed by atoms with Crippen LogP contribution in [-0.4, -0.2) is 55.6 Å². The molecule has 1 aromatic heterocycles. The van der Waals surface area contributed by atoms with Crippen LogP contribution in [0.15, 0.2) is 0 Å². The van der Waals surface area contributed by atoms with E-state index in [-0.39, 0.29) is 0 Å². The van der Waals surface area contributed by atoms with E-state index in [4.69, 9.17) is 9.47 Å². The highest BCUT2D eigenvalue weighted by Gasteiger charge is 2.32. The molecule has 0 aromatic carbocycles. The van der Waals surface area contributed by atoms with Gasteiger partial charge in [-0.05, 0) is 33.1 Å². The van der Waals surface area contributed by atoms with E-state index in [1.165, 1.54) is 19.3 Å². The van der Waals surface area contributed by atoms with Crippen LogP contribution in [0.5, 0.6) is 12.0 Å². The van der Waals surface area contributed by atoms with E-state index in [2.05, 4.69) is 22.0 Å². The summed E-state index contributed by atoms with van der Waals surface area (Å²) in [4.78, 5) is 13.1. The van der Waals surface area contributed by atoms with Crippen molar-refractivity contribution in [3.05, 3.63) is 0 Å². The van der Waals surface area contributed by atoms with Crippen molar-refractivity contribution in [1.82, 2.24) is 19.4 Å². The van der Waals surface area contributed by atoms with Crippen LogP contribution in [0.2, 0.25) is 0 Å². The van der Waals surface area contributed by atoms with Gasteiger partial charge in [0.1, 0.15) is 0 Å². The molecule has 0 atom stereocenters. The van der Waals surface area contributed by atoms with E-state index in [1.807, 2.05) is 13.8 Å². The SMILES string of the molecule is CCOc1nc(OCC)nc([N+]2(C)CCCCC2)n1.F[B-](F)(F)F. The third-order valence-corrected chi connectivity index (χ3v) is 3.42. The molecule has 0 aliphatic carbocycles. The van der Waals surface area contributed by atoms with E-state index in [0.717, 1.165) is 23.5 Å². The van der Waals surface area contributed by atoms with Crippen LogP contribution in [0.25, 0.3) is 0 Å². The number of piperidine rings is 1. The topological polar surface area (TPSA) is 57.1 Å². The Balaban J connectivity index is 0.000000505. The molecule has 2 heterocycles. The van der Waals surface area contributed by atoms with Crippen molar-refractivity contribution in [3.8, 4) is 12.0 Å². The Kier molecular flexibility index (Phi) is 7.65. The number of rotatable bonds is 5. The quantitative estimate of drug-likeness (QED) is 0.462. The van der Waals surface area contributed by atoms with Crippen molar-refractivity contribution >= 4 is 13.2 Å². The van der Waals surface area contributed by atoms with Crippen LogP contribution < -0.4 is 14.0 Å². The second-order valence-electron chi connectivity index (χ2n) is 5.47. The average Bonchev–Trinajstić information content (AvgIpc) is 2.47. The zero-order valence-corrected chi connectivity index (χ0v) is 14.1. The maximum atomic E-state index is 9.75. The summed E-state index contributed by atoms with van der Waals surface area (Å²) in [6.07, 6.45) is 3.70. The normalized spacial score (nSPS) is 16.8. The van der Waals surface area contributed by atoms with E-state index in [1.54, 1.807) is 0 Å². The van der Waals surface area contributed by atoms with Crippen LogP contribution in [0.3, 0.4) is 0 Å². The molecule has 0 saturated carbocycles. The summed E-state index contributed by atoms with van der Waals surface area (Å²) in [6, 6.07) is 0.724. The van der Waals surface area contributed by atoms with Crippen molar-refractivity contribution in [2.24, 2.45) is 0 Å². The minimum atomic E-state index is -6.00. The van der Waals surface area contributed by atoms with Crippen molar-refractivity contribution in [2.45, 2.75) is 33.1 Å². The van der Waals surface area contributed by atoms with Gasteiger partial charge in [-0.3, -0.25) is 4.48 Å². The third-order valence-electron chi connectivity index (χ3n) is 3.42. The number of hydrogen-bond donors (Lipinski definition) is 0. The van der Waals surface area contributed by atoms with Crippen molar-refractivity contribution in [2.75, 3.05) is 33.4 Å². The third kappa shape index (κ3) is 7.28. The number of halogens is 4. The monoisotopic (exact) mass is 354 g/mol.